The fourth-order valence-electron chi connectivity index (χ4n) is 2.71. The Hall–Kier alpha value is -2.62. The number of aryl methyl sites for hydroxylation is 2. The van der Waals surface area contributed by atoms with Gasteiger partial charge in [-0.05, 0) is 25.0 Å². The van der Waals surface area contributed by atoms with Gasteiger partial charge in [0.15, 0.2) is 5.69 Å². The van der Waals surface area contributed by atoms with Crippen LogP contribution in [0.2, 0.25) is 0 Å². The average molecular weight is 352 g/mol. The number of hydrogen-bond donors (Lipinski definition) is 1. The summed E-state index contributed by atoms with van der Waals surface area (Å²) < 4.78 is 6.96. The zero-order chi connectivity index (χ0) is 18.4. The zero-order valence-electron chi connectivity index (χ0n) is 15.3. The quantitative estimate of drug-likeness (QED) is 0.840. The number of rotatable bonds is 4. The van der Waals surface area contributed by atoms with Crippen LogP contribution >= 0.6 is 0 Å². The molecule has 2 aromatic rings. The van der Waals surface area contributed by atoms with Gasteiger partial charge in [-0.2, -0.15) is 5.10 Å². The van der Waals surface area contributed by atoms with Crippen molar-refractivity contribution in [1.29, 1.82) is 0 Å². The molecule has 0 saturated carbocycles. The first-order chi connectivity index (χ1) is 12.6. The Morgan fingerprint density at radius 1 is 1.23 bits per heavy atom. The lowest BCUT2D eigenvalue weighted by atomic mass is 10.1. The second kappa shape index (κ2) is 8.65. The van der Waals surface area contributed by atoms with Crippen molar-refractivity contribution in [2.45, 2.75) is 6.92 Å². The first kappa shape index (κ1) is 18.2. The van der Waals surface area contributed by atoms with Crippen LogP contribution in [0.25, 0.3) is 0 Å². The van der Waals surface area contributed by atoms with Gasteiger partial charge < -0.3 is 10.1 Å². The Morgan fingerprint density at radius 2 is 1.96 bits per heavy atom. The smallest absolute Gasteiger partial charge is 0.271 e. The van der Waals surface area contributed by atoms with E-state index in [1.165, 1.54) is 5.56 Å². The van der Waals surface area contributed by atoms with E-state index in [4.69, 9.17) is 4.74 Å². The topological polar surface area (TPSA) is 59.4 Å². The van der Waals surface area contributed by atoms with E-state index in [9.17, 15) is 4.79 Å². The zero-order valence-corrected chi connectivity index (χ0v) is 15.3. The molecule has 0 aliphatic carbocycles. The number of ether oxygens (including phenoxy) is 1. The van der Waals surface area contributed by atoms with Gasteiger partial charge >= 0.3 is 0 Å². The maximum atomic E-state index is 12.3. The van der Waals surface area contributed by atoms with E-state index >= 15 is 0 Å². The highest BCUT2D eigenvalue weighted by molar-refractivity contribution is 5.92. The van der Waals surface area contributed by atoms with E-state index in [-0.39, 0.29) is 5.91 Å². The maximum Gasteiger partial charge on any atom is 0.271 e. The molecule has 3 rings (SSSR count). The summed E-state index contributed by atoms with van der Waals surface area (Å²) in [6.45, 7) is 6.81. The van der Waals surface area contributed by atoms with Gasteiger partial charge in [0.25, 0.3) is 5.91 Å². The Balaban J connectivity index is 1.56. The third-order valence-electron chi connectivity index (χ3n) is 4.32. The molecular formula is C20H24N4O2. The van der Waals surface area contributed by atoms with Gasteiger partial charge in [0.2, 0.25) is 0 Å². The van der Waals surface area contributed by atoms with Crippen LogP contribution in [0.4, 0.5) is 0 Å². The monoisotopic (exact) mass is 352 g/mol. The predicted octanol–water partition coefficient (Wildman–Crippen LogP) is 1.19. The predicted molar refractivity (Wildman–Crippen MR) is 100.0 cm³/mol. The van der Waals surface area contributed by atoms with Crippen LogP contribution in [0.15, 0.2) is 30.3 Å². The molecule has 0 atom stereocenters. The first-order valence-electron chi connectivity index (χ1n) is 8.83. The highest BCUT2D eigenvalue weighted by atomic mass is 16.5. The molecule has 0 spiro atoms. The lowest BCUT2D eigenvalue weighted by molar-refractivity contribution is 0.0383. The summed E-state index contributed by atoms with van der Waals surface area (Å²) >= 11 is 0. The summed E-state index contributed by atoms with van der Waals surface area (Å²) in [7, 11) is 1.80. The second-order valence-electron chi connectivity index (χ2n) is 6.36. The SMILES string of the molecule is Cc1ccc(C#Cc2cc(C(=O)NCCN3CCOCC3)nn2C)cc1. The minimum atomic E-state index is -0.169. The van der Waals surface area contributed by atoms with Crippen molar-refractivity contribution in [1.82, 2.24) is 20.0 Å². The van der Waals surface area contributed by atoms with Crippen molar-refractivity contribution in [2.75, 3.05) is 39.4 Å². The van der Waals surface area contributed by atoms with Gasteiger partial charge in [-0.1, -0.05) is 23.6 Å². The molecule has 0 bridgehead atoms. The average Bonchev–Trinajstić information content (AvgIpc) is 3.03. The number of aromatic nitrogens is 2. The minimum absolute atomic E-state index is 0.169. The Kier molecular flexibility index (Phi) is 6.05. The molecule has 1 fully saturated rings. The highest BCUT2D eigenvalue weighted by Gasteiger charge is 2.13. The molecule has 1 aromatic carbocycles. The van der Waals surface area contributed by atoms with Crippen molar-refractivity contribution >= 4 is 5.91 Å². The van der Waals surface area contributed by atoms with E-state index in [1.807, 2.05) is 31.2 Å². The van der Waals surface area contributed by atoms with E-state index < -0.39 is 0 Å². The summed E-state index contributed by atoms with van der Waals surface area (Å²) in [5.41, 5.74) is 3.24. The molecule has 0 unspecified atom stereocenters. The fraction of sp³-hybridized carbons (Fsp3) is 0.400. The molecule has 1 aliphatic rings. The molecular weight excluding hydrogens is 328 g/mol. The summed E-state index contributed by atoms with van der Waals surface area (Å²) in [4.78, 5) is 14.6. The van der Waals surface area contributed by atoms with Crippen LogP contribution < -0.4 is 5.32 Å². The number of carbonyl (C=O) groups excluding carboxylic acids is 1. The maximum absolute atomic E-state index is 12.3. The fourth-order valence-corrected chi connectivity index (χ4v) is 2.71. The summed E-state index contributed by atoms with van der Waals surface area (Å²) in [6, 6.07) is 9.75. The number of amides is 1. The minimum Gasteiger partial charge on any atom is -0.379 e. The molecule has 1 saturated heterocycles. The van der Waals surface area contributed by atoms with Crippen LogP contribution in [0.1, 0.15) is 27.3 Å². The molecule has 1 aromatic heterocycles. The Bertz CT molecular complexity index is 809. The van der Waals surface area contributed by atoms with Crippen molar-refractivity contribution in [2.24, 2.45) is 7.05 Å². The third-order valence-corrected chi connectivity index (χ3v) is 4.32. The van der Waals surface area contributed by atoms with E-state index in [1.54, 1.807) is 17.8 Å². The Labute approximate surface area is 154 Å². The standard InChI is InChI=1S/C20H24N4O2/c1-16-3-5-17(6-4-16)7-8-18-15-19(22-23(18)2)20(25)21-9-10-24-11-13-26-14-12-24/h3-6,15H,9-14H2,1-2H3,(H,21,25). The van der Waals surface area contributed by atoms with E-state index in [0.717, 1.165) is 38.4 Å². The second-order valence-corrected chi connectivity index (χ2v) is 6.36. The number of benzene rings is 1. The van der Waals surface area contributed by atoms with Crippen LogP contribution in [0.3, 0.4) is 0 Å². The number of nitrogens with zero attached hydrogens (tertiary/aromatic N) is 3. The van der Waals surface area contributed by atoms with Gasteiger partial charge in [0.05, 0.1) is 13.2 Å². The van der Waals surface area contributed by atoms with Crippen molar-refractivity contribution in [3.63, 3.8) is 0 Å². The van der Waals surface area contributed by atoms with E-state index in [2.05, 4.69) is 27.2 Å². The van der Waals surface area contributed by atoms with Crippen LogP contribution in [0.5, 0.6) is 0 Å². The Morgan fingerprint density at radius 3 is 2.69 bits per heavy atom. The van der Waals surface area contributed by atoms with Crippen LogP contribution in [-0.2, 0) is 11.8 Å². The van der Waals surface area contributed by atoms with Crippen LogP contribution in [0, 0.1) is 18.8 Å². The molecule has 26 heavy (non-hydrogen) atoms. The normalized spacial score (nSPS) is 14.5. The molecule has 6 heteroatoms. The van der Waals surface area contributed by atoms with Gasteiger partial charge in [-0.3, -0.25) is 14.4 Å². The summed E-state index contributed by atoms with van der Waals surface area (Å²) in [6.07, 6.45) is 0. The molecule has 136 valence electrons. The van der Waals surface area contributed by atoms with Gasteiger partial charge in [-0.15, -0.1) is 0 Å². The summed E-state index contributed by atoms with van der Waals surface area (Å²) in [5.74, 6) is 6.02. The number of nitrogens with one attached hydrogen (secondary N) is 1. The van der Waals surface area contributed by atoms with Gasteiger partial charge in [0.1, 0.15) is 5.69 Å². The number of carbonyl (C=O) groups is 1. The molecule has 1 aliphatic heterocycles. The highest BCUT2D eigenvalue weighted by Crippen LogP contribution is 2.04. The van der Waals surface area contributed by atoms with Crippen molar-refractivity contribution in [3.05, 3.63) is 52.8 Å². The lowest BCUT2D eigenvalue weighted by Crippen LogP contribution is -2.41. The largest absolute Gasteiger partial charge is 0.379 e. The molecule has 2 heterocycles. The first-order valence-corrected chi connectivity index (χ1v) is 8.83. The van der Waals surface area contributed by atoms with Gasteiger partial charge in [-0.25, -0.2) is 0 Å². The van der Waals surface area contributed by atoms with Crippen molar-refractivity contribution in [3.8, 4) is 11.8 Å². The lowest BCUT2D eigenvalue weighted by Gasteiger charge is -2.26. The third kappa shape index (κ3) is 4.94. The van der Waals surface area contributed by atoms with Crippen molar-refractivity contribution < 1.29 is 9.53 Å². The molecule has 1 N–H and O–H groups in total. The van der Waals surface area contributed by atoms with E-state index in [0.29, 0.717) is 17.9 Å². The molecule has 0 radical (unpaired) electrons. The molecule has 1 amide bonds. The molecule has 6 nitrogen and oxygen atoms in total. The summed E-state index contributed by atoms with van der Waals surface area (Å²) in [5, 5.41) is 7.19. The van der Waals surface area contributed by atoms with Crippen LogP contribution in [-0.4, -0.2) is 60.0 Å². The number of hydrogen-bond acceptors (Lipinski definition) is 4. The number of morpholine rings is 1. The van der Waals surface area contributed by atoms with Gasteiger partial charge in [0, 0.05) is 44.9 Å².